The number of benzene rings is 1. The minimum Gasteiger partial charge on any atom is -0.368 e. The van der Waals surface area contributed by atoms with E-state index in [1.165, 1.54) is 16.2 Å². The number of primary amides is 1. The summed E-state index contributed by atoms with van der Waals surface area (Å²) in [6.07, 6.45) is 1.38. The van der Waals surface area contributed by atoms with Crippen molar-refractivity contribution in [3.8, 4) is 0 Å². The van der Waals surface area contributed by atoms with Crippen LogP contribution in [0.5, 0.6) is 0 Å². The van der Waals surface area contributed by atoms with Crippen LogP contribution in [0.25, 0.3) is 0 Å². The first-order valence-electron chi connectivity index (χ1n) is 7.61. The van der Waals surface area contributed by atoms with Crippen molar-refractivity contribution in [1.29, 1.82) is 0 Å². The first-order chi connectivity index (χ1) is 11.6. The first kappa shape index (κ1) is 16.2. The summed E-state index contributed by atoms with van der Waals surface area (Å²) < 4.78 is 0. The van der Waals surface area contributed by atoms with Crippen molar-refractivity contribution < 1.29 is 14.4 Å². The number of nitrogens with one attached hydrogen (secondary N) is 1. The molecule has 1 aromatic heterocycles. The van der Waals surface area contributed by atoms with Crippen LogP contribution in [0.1, 0.15) is 32.9 Å². The Morgan fingerprint density at radius 2 is 1.92 bits per heavy atom. The van der Waals surface area contributed by atoms with Crippen LogP contribution >= 0.6 is 11.3 Å². The van der Waals surface area contributed by atoms with Gasteiger partial charge in [0.05, 0.1) is 4.88 Å². The molecule has 1 aliphatic rings. The van der Waals surface area contributed by atoms with Gasteiger partial charge in [0.1, 0.15) is 6.04 Å². The van der Waals surface area contributed by atoms with Gasteiger partial charge in [0.15, 0.2) is 0 Å². The molecular formula is C17H17N3O3S. The maximum atomic E-state index is 12.5. The standard InChI is InChI=1S/C17H17N3O3S/c18-15(21)13-3-1-9-20(13)17(23)11-5-7-12(8-6-11)19-16(22)14-4-2-10-24-14/h2,4-8,10,13H,1,3,9H2,(H2,18,21)(H,19,22). The summed E-state index contributed by atoms with van der Waals surface area (Å²) in [5.41, 5.74) is 6.43. The molecule has 7 heteroatoms. The second kappa shape index (κ2) is 6.84. The highest BCUT2D eigenvalue weighted by molar-refractivity contribution is 7.12. The Hall–Kier alpha value is -2.67. The zero-order valence-electron chi connectivity index (χ0n) is 12.9. The van der Waals surface area contributed by atoms with E-state index in [2.05, 4.69) is 5.32 Å². The fourth-order valence-corrected chi connectivity index (χ4v) is 3.39. The van der Waals surface area contributed by atoms with Gasteiger partial charge < -0.3 is 16.0 Å². The Morgan fingerprint density at radius 3 is 2.54 bits per heavy atom. The van der Waals surface area contributed by atoms with E-state index in [0.717, 1.165) is 6.42 Å². The molecule has 24 heavy (non-hydrogen) atoms. The molecule has 1 aromatic carbocycles. The number of thiophene rings is 1. The van der Waals surface area contributed by atoms with E-state index in [0.29, 0.717) is 29.1 Å². The number of amides is 3. The van der Waals surface area contributed by atoms with Gasteiger partial charge in [0, 0.05) is 17.8 Å². The number of hydrogen-bond acceptors (Lipinski definition) is 4. The number of anilines is 1. The third kappa shape index (κ3) is 3.30. The third-order valence-electron chi connectivity index (χ3n) is 3.98. The Balaban J connectivity index is 1.69. The lowest BCUT2D eigenvalue weighted by molar-refractivity contribution is -0.121. The number of carbonyl (C=O) groups is 3. The Bertz CT molecular complexity index is 756. The van der Waals surface area contributed by atoms with Crippen LogP contribution in [0.4, 0.5) is 5.69 Å². The highest BCUT2D eigenvalue weighted by atomic mass is 32.1. The van der Waals surface area contributed by atoms with Gasteiger partial charge in [-0.1, -0.05) is 6.07 Å². The molecule has 0 radical (unpaired) electrons. The van der Waals surface area contributed by atoms with Crippen molar-refractivity contribution in [1.82, 2.24) is 4.90 Å². The van der Waals surface area contributed by atoms with Gasteiger partial charge in [-0.2, -0.15) is 0 Å². The predicted molar refractivity (Wildman–Crippen MR) is 92.0 cm³/mol. The summed E-state index contributed by atoms with van der Waals surface area (Å²) in [7, 11) is 0. The highest BCUT2D eigenvalue weighted by Gasteiger charge is 2.33. The van der Waals surface area contributed by atoms with Crippen LogP contribution in [0.3, 0.4) is 0 Å². The van der Waals surface area contributed by atoms with Crippen LogP contribution in [0.2, 0.25) is 0 Å². The lowest BCUT2D eigenvalue weighted by Crippen LogP contribution is -2.43. The average molecular weight is 343 g/mol. The third-order valence-corrected chi connectivity index (χ3v) is 4.85. The van der Waals surface area contributed by atoms with E-state index in [-0.39, 0.29) is 11.8 Å². The lowest BCUT2D eigenvalue weighted by atomic mass is 10.1. The van der Waals surface area contributed by atoms with E-state index in [1.807, 2.05) is 11.4 Å². The van der Waals surface area contributed by atoms with Crippen molar-refractivity contribution in [2.45, 2.75) is 18.9 Å². The molecule has 3 N–H and O–H groups in total. The van der Waals surface area contributed by atoms with Gasteiger partial charge in [-0.15, -0.1) is 11.3 Å². The molecule has 1 atom stereocenters. The summed E-state index contributed by atoms with van der Waals surface area (Å²) >= 11 is 1.36. The van der Waals surface area contributed by atoms with Crippen molar-refractivity contribution in [3.63, 3.8) is 0 Å². The molecule has 0 spiro atoms. The van der Waals surface area contributed by atoms with E-state index < -0.39 is 11.9 Å². The number of nitrogens with zero attached hydrogens (tertiary/aromatic N) is 1. The molecule has 1 saturated heterocycles. The quantitative estimate of drug-likeness (QED) is 0.890. The van der Waals surface area contributed by atoms with Crippen LogP contribution in [-0.2, 0) is 4.79 Å². The molecule has 124 valence electrons. The molecule has 1 fully saturated rings. The molecule has 1 unspecified atom stereocenters. The predicted octanol–water partition coefficient (Wildman–Crippen LogP) is 2.09. The maximum Gasteiger partial charge on any atom is 0.265 e. The van der Waals surface area contributed by atoms with Crippen LogP contribution in [-0.4, -0.2) is 35.2 Å². The van der Waals surface area contributed by atoms with E-state index in [9.17, 15) is 14.4 Å². The number of hydrogen-bond donors (Lipinski definition) is 2. The SMILES string of the molecule is NC(=O)C1CCCN1C(=O)c1ccc(NC(=O)c2cccs2)cc1. The monoisotopic (exact) mass is 343 g/mol. The van der Waals surface area contributed by atoms with E-state index in [4.69, 9.17) is 5.73 Å². The normalized spacial score (nSPS) is 16.8. The van der Waals surface area contributed by atoms with Crippen molar-refractivity contribution in [2.75, 3.05) is 11.9 Å². The second-order valence-corrected chi connectivity index (χ2v) is 6.52. The Labute approximate surface area is 143 Å². The maximum absolute atomic E-state index is 12.5. The largest absolute Gasteiger partial charge is 0.368 e. The molecule has 0 bridgehead atoms. The number of likely N-dealkylation sites (tertiary alicyclic amines) is 1. The number of nitrogens with two attached hydrogens (primary N) is 1. The van der Waals surface area contributed by atoms with Crippen molar-refractivity contribution in [3.05, 3.63) is 52.2 Å². The molecule has 3 rings (SSSR count). The fraction of sp³-hybridized carbons (Fsp3) is 0.235. The van der Waals surface area contributed by atoms with Gasteiger partial charge >= 0.3 is 0 Å². The number of rotatable bonds is 4. The van der Waals surface area contributed by atoms with Gasteiger partial charge in [-0.3, -0.25) is 14.4 Å². The molecule has 2 heterocycles. The molecule has 6 nitrogen and oxygen atoms in total. The van der Waals surface area contributed by atoms with E-state index >= 15 is 0 Å². The molecule has 0 aliphatic carbocycles. The zero-order chi connectivity index (χ0) is 17.1. The van der Waals surface area contributed by atoms with Crippen LogP contribution in [0.15, 0.2) is 41.8 Å². The molecule has 2 aromatic rings. The Kier molecular flexibility index (Phi) is 4.61. The lowest BCUT2D eigenvalue weighted by Gasteiger charge is -2.22. The minimum atomic E-state index is -0.532. The zero-order valence-corrected chi connectivity index (χ0v) is 13.7. The Morgan fingerprint density at radius 1 is 1.17 bits per heavy atom. The van der Waals surface area contributed by atoms with Gasteiger partial charge in [0.25, 0.3) is 11.8 Å². The van der Waals surface area contributed by atoms with Gasteiger partial charge in [0.2, 0.25) is 5.91 Å². The van der Waals surface area contributed by atoms with Crippen LogP contribution in [0, 0.1) is 0 Å². The van der Waals surface area contributed by atoms with Crippen molar-refractivity contribution in [2.24, 2.45) is 5.73 Å². The smallest absolute Gasteiger partial charge is 0.265 e. The molecule has 3 amide bonds. The summed E-state index contributed by atoms with van der Waals surface area (Å²) in [5, 5.41) is 4.61. The number of carbonyl (C=O) groups excluding carboxylic acids is 3. The summed E-state index contributed by atoms with van der Waals surface area (Å²) in [6, 6.07) is 9.66. The minimum absolute atomic E-state index is 0.183. The summed E-state index contributed by atoms with van der Waals surface area (Å²) in [4.78, 5) is 38.1. The first-order valence-corrected chi connectivity index (χ1v) is 8.49. The molecule has 0 saturated carbocycles. The fourth-order valence-electron chi connectivity index (χ4n) is 2.77. The van der Waals surface area contributed by atoms with Gasteiger partial charge in [-0.05, 0) is 48.6 Å². The topological polar surface area (TPSA) is 92.5 Å². The average Bonchev–Trinajstić information content (AvgIpc) is 3.26. The highest BCUT2D eigenvalue weighted by Crippen LogP contribution is 2.21. The molecule has 1 aliphatic heterocycles. The van der Waals surface area contributed by atoms with Crippen molar-refractivity contribution >= 4 is 34.7 Å². The van der Waals surface area contributed by atoms with E-state index in [1.54, 1.807) is 30.3 Å². The van der Waals surface area contributed by atoms with Gasteiger partial charge in [-0.25, -0.2) is 0 Å². The molecular weight excluding hydrogens is 326 g/mol. The van der Waals surface area contributed by atoms with Crippen LogP contribution < -0.4 is 11.1 Å². The summed E-state index contributed by atoms with van der Waals surface area (Å²) in [6.45, 7) is 0.531. The summed E-state index contributed by atoms with van der Waals surface area (Å²) in [5.74, 6) is -0.870. The second-order valence-electron chi connectivity index (χ2n) is 5.57.